The molecule has 2 aromatic heterocycles. The summed E-state index contributed by atoms with van der Waals surface area (Å²) in [5, 5.41) is 0. The minimum Gasteiger partial charge on any atom is -0.344 e. The molecule has 0 bridgehead atoms. The van der Waals surface area contributed by atoms with Crippen molar-refractivity contribution in [3.8, 4) is 22.4 Å². The van der Waals surface area contributed by atoms with Gasteiger partial charge in [0.15, 0.2) is 0 Å². The molecule has 0 aliphatic heterocycles. The number of benzene rings is 1. The molecule has 0 spiro atoms. The average Bonchev–Trinajstić information content (AvgIpc) is 3.09. The number of nitrogens with zero attached hydrogens (tertiary/aromatic N) is 2. The second kappa shape index (κ2) is 6.81. The number of hydrogen-bond donors (Lipinski definition) is 1. The molecule has 0 saturated heterocycles. The van der Waals surface area contributed by atoms with Gasteiger partial charge in [-0.1, -0.05) is 12.1 Å². The first-order valence-corrected chi connectivity index (χ1v) is 8.85. The van der Waals surface area contributed by atoms with E-state index in [0.717, 1.165) is 42.4 Å². The Morgan fingerprint density at radius 2 is 1.56 bits per heavy atom. The van der Waals surface area contributed by atoms with Crippen LogP contribution >= 0.6 is 0 Å². The Hall–Kier alpha value is -2.46. The van der Waals surface area contributed by atoms with E-state index in [0.29, 0.717) is 12.1 Å². The first kappa shape index (κ1) is 16.0. The fourth-order valence-corrected chi connectivity index (χ4v) is 3.81. The first-order valence-electron chi connectivity index (χ1n) is 8.85. The zero-order valence-corrected chi connectivity index (χ0v) is 14.1. The van der Waals surface area contributed by atoms with Gasteiger partial charge in [-0.3, -0.25) is 4.98 Å². The molecule has 4 rings (SSSR count). The monoisotopic (exact) mass is 335 g/mol. The number of halogens is 1. The van der Waals surface area contributed by atoms with Gasteiger partial charge in [-0.05, 0) is 61.6 Å². The van der Waals surface area contributed by atoms with Crippen LogP contribution in [0.3, 0.4) is 0 Å². The van der Waals surface area contributed by atoms with Gasteiger partial charge < -0.3 is 10.3 Å². The van der Waals surface area contributed by atoms with Crippen LogP contribution in [0.1, 0.15) is 31.7 Å². The van der Waals surface area contributed by atoms with E-state index in [2.05, 4.69) is 21.8 Å². The van der Waals surface area contributed by atoms with Crippen molar-refractivity contribution in [2.24, 2.45) is 5.73 Å². The molecule has 128 valence electrons. The molecule has 25 heavy (non-hydrogen) atoms. The van der Waals surface area contributed by atoms with E-state index in [4.69, 9.17) is 5.73 Å². The van der Waals surface area contributed by atoms with E-state index in [9.17, 15) is 4.39 Å². The van der Waals surface area contributed by atoms with E-state index >= 15 is 0 Å². The van der Waals surface area contributed by atoms with E-state index < -0.39 is 0 Å². The molecule has 1 fully saturated rings. The molecule has 1 aliphatic rings. The molecule has 4 heteroatoms. The van der Waals surface area contributed by atoms with E-state index in [-0.39, 0.29) is 5.82 Å². The summed E-state index contributed by atoms with van der Waals surface area (Å²) in [6, 6.07) is 13.7. The maximum Gasteiger partial charge on any atom is 0.123 e. The maximum absolute atomic E-state index is 13.3. The fraction of sp³-hybridized carbons (Fsp3) is 0.286. The van der Waals surface area contributed by atoms with Gasteiger partial charge in [0.05, 0.1) is 5.69 Å². The van der Waals surface area contributed by atoms with Crippen LogP contribution in [-0.2, 0) is 0 Å². The molecule has 0 atom stereocenters. The molecule has 1 aromatic carbocycles. The molecular formula is C21H22FN3. The number of pyridine rings is 1. The minimum atomic E-state index is -0.213. The van der Waals surface area contributed by atoms with Crippen molar-refractivity contribution in [1.82, 2.24) is 9.55 Å². The van der Waals surface area contributed by atoms with Gasteiger partial charge >= 0.3 is 0 Å². The van der Waals surface area contributed by atoms with Crippen molar-refractivity contribution in [1.29, 1.82) is 0 Å². The number of nitrogens with two attached hydrogens (primary N) is 1. The van der Waals surface area contributed by atoms with Crippen LogP contribution in [0.25, 0.3) is 22.4 Å². The number of aromatic nitrogens is 2. The Bertz CT molecular complexity index is 831. The van der Waals surface area contributed by atoms with Crippen molar-refractivity contribution in [2.45, 2.75) is 37.8 Å². The summed E-state index contributed by atoms with van der Waals surface area (Å²) in [5.74, 6) is -0.213. The van der Waals surface area contributed by atoms with Gasteiger partial charge in [0.1, 0.15) is 5.82 Å². The van der Waals surface area contributed by atoms with Crippen LogP contribution < -0.4 is 5.73 Å². The van der Waals surface area contributed by atoms with Crippen LogP contribution in [0, 0.1) is 5.82 Å². The van der Waals surface area contributed by atoms with Crippen LogP contribution in [0.5, 0.6) is 0 Å². The summed E-state index contributed by atoms with van der Waals surface area (Å²) in [6.07, 6.45) is 10.1. The van der Waals surface area contributed by atoms with Gasteiger partial charge in [0.2, 0.25) is 0 Å². The lowest BCUT2D eigenvalue weighted by Crippen LogP contribution is -2.27. The van der Waals surface area contributed by atoms with Crippen LogP contribution in [0.4, 0.5) is 4.39 Å². The predicted octanol–water partition coefficient (Wildman–Crippen LogP) is 4.80. The SMILES string of the molecule is NC1CCC(n2ccc(-c3ccc(F)cc3)c2-c2ccncc2)CC1. The smallest absolute Gasteiger partial charge is 0.123 e. The van der Waals surface area contributed by atoms with Crippen molar-refractivity contribution >= 4 is 0 Å². The molecule has 1 saturated carbocycles. The van der Waals surface area contributed by atoms with Crippen molar-refractivity contribution in [2.75, 3.05) is 0 Å². The van der Waals surface area contributed by atoms with E-state index in [1.807, 2.05) is 36.7 Å². The second-order valence-electron chi connectivity index (χ2n) is 6.80. The molecule has 0 radical (unpaired) electrons. The summed E-state index contributed by atoms with van der Waals surface area (Å²) in [7, 11) is 0. The van der Waals surface area contributed by atoms with Crippen LogP contribution in [0.15, 0.2) is 61.1 Å². The highest BCUT2D eigenvalue weighted by molar-refractivity contribution is 5.81. The second-order valence-corrected chi connectivity index (χ2v) is 6.80. The third kappa shape index (κ3) is 3.22. The highest BCUT2D eigenvalue weighted by atomic mass is 19.1. The standard InChI is InChI=1S/C21H22FN3/c22-17-3-1-15(2-4-17)20-11-14-25(19-7-5-18(23)6-8-19)21(20)16-9-12-24-13-10-16/h1-4,9-14,18-19H,5-8,23H2. The lowest BCUT2D eigenvalue weighted by Gasteiger charge is -2.29. The normalized spacial score (nSPS) is 20.6. The quantitative estimate of drug-likeness (QED) is 0.747. The summed E-state index contributed by atoms with van der Waals surface area (Å²) in [4.78, 5) is 4.15. The molecule has 2 N–H and O–H groups in total. The lowest BCUT2D eigenvalue weighted by molar-refractivity contribution is 0.326. The predicted molar refractivity (Wildman–Crippen MR) is 98.5 cm³/mol. The molecule has 0 unspecified atom stereocenters. The maximum atomic E-state index is 13.3. The Morgan fingerprint density at radius 1 is 0.880 bits per heavy atom. The minimum absolute atomic E-state index is 0.213. The Kier molecular flexibility index (Phi) is 4.36. The highest BCUT2D eigenvalue weighted by Crippen LogP contribution is 2.38. The van der Waals surface area contributed by atoms with E-state index in [1.165, 1.54) is 17.8 Å². The zero-order chi connectivity index (χ0) is 17.2. The lowest BCUT2D eigenvalue weighted by atomic mass is 9.91. The number of hydrogen-bond acceptors (Lipinski definition) is 2. The molecule has 1 aliphatic carbocycles. The first-order chi connectivity index (χ1) is 12.2. The molecule has 3 aromatic rings. The summed E-state index contributed by atoms with van der Waals surface area (Å²) in [5.41, 5.74) is 10.5. The number of rotatable bonds is 3. The Morgan fingerprint density at radius 3 is 2.24 bits per heavy atom. The van der Waals surface area contributed by atoms with Gasteiger partial charge in [0, 0.05) is 41.8 Å². The largest absolute Gasteiger partial charge is 0.344 e. The van der Waals surface area contributed by atoms with Gasteiger partial charge in [-0.2, -0.15) is 0 Å². The van der Waals surface area contributed by atoms with Crippen LogP contribution in [0.2, 0.25) is 0 Å². The summed E-state index contributed by atoms with van der Waals surface area (Å²) < 4.78 is 15.7. The van der Waals surface area contributed by atoms with Crippen molar-refractivity contribution in [3.63, 3.8) is 0 Å². The van der Waals surface area contributed by atoms with Crippen LogP contribution in [-0.4, -0.2) is 15.6 Å². The van der Waals surface area contributed by atoms with Crippen molar-refractivity contribution < 1.29 is 4.39 Å². The topological polar surface area (TPSA) is 43.8 Å². The third-order valence-corrected chi connectivity index (χ3v) is 5.16. The van der Waals surface area contributed by atoms with Gasteiger partial charge in [-0.15, -0.1) is 0 Å². The summed E-state index contributed by atoms with van der Waals surface area (Å²) >= 11 is 0. The molecule has 3 nitrogen and oxygen atoms in total. The Labute approximate surface area is 147 Å². The average molecular weight is 335 g/mol. The van der Waals surface area contributed by atoms with Gasteiger partial charge in [-0.25, -0.2) is 4.39 Å². The molecule has 0 amide bonds. The fourth-order valence-electron chi connectivity index (χ4n) is 3.81. The molecule has 2 heterocycles. The zero-order valence-electron chi connectivity index (χ0n) is 14.1. The van der Waals surface area contributed by atoms with Crippen molar-refractivity contribution in [3.05, 3.63) is 66.9 Å². The Balaban J connectivity index is 1.81. The summed E-state index contributed by atoms with van der Waals surface area (Å²) in [6.45, 7) is 0. The highest BCUT2D eigenvalue weighted by Gasteiger charge is 2.23. The molecular weight excluding hydrogens is 313 g/mol. The third-order valence-electron chi connectivity index (χ3n) is 5.16. The van der Waals surface area contributed by atoms with E-state index in [1.54, 1.807) is 0 Å². The van der Waals surface area contributed by atoms with Gasteiger partial charge in [0.25, 0.3) is 0 Å².